The van der Waals surface area contributed by atoms with Crippen molar-refractivity contribution in [2.45, 2.75) is 44.7 Å². The van der Waals surface area contributed by atoms with Gasteiger partial charge < -0.3 is 9.64 Å². The number of aryl methyl sites for hydroxylation is 1. The first-order valence-corrected chi connectivity index (χ1v) is 9.10. The van der Waals surface area contributed by atoms with Gasteiger partial charge in [-0.1, -0.05) is 18.2 Å². The molecule has 0 bridgehead atoms. The lowest BCUT2D eigenvalue weighted by molar-refractivity contribution is -0.133. The monoisotopic (exact) mass is 339 g/mol. The molecule has 2 heterocycles. The topological polar surface area (TPSA) is 47.4 Å². The third-order valence-electron chi connectivity index (χ3n) is 5.47. The largest absolute Gasteiger partial charge is 0.496 e. The van der Waals surface area contributed by atoms with Gasteiger partial charge in [0.25, 0.3) is 0 Å². The summed E-state index contributed by atoms with van der Waals surface area (Å²) in [5.74, 6) is 1.61. The fraction of sp³-hybridized carbons (Fsp3) is 0.500. The van der Waals surface area contributed by atoms with Crippen molar-refractivity contribution in [2.24, 2.45) is 5.92 Å². The summed E-state index contributed by atoms with van der Waals surface area (Å²) in [5, 5.41) is 4.38. The third kappa shape index (κ3) is 3.15. The van der Waals surface area contributed by atoms with Crippen molar-refractivity contribution >= 4 is 5.91 Å². The van der Waals surface area contributed by atoms with Crippen LogP contribution in [0, 0.1) is 12.8 Å². The first-order valence-electron chi connectivity index (χ1n) is 9.10. The average Bonchev–Trinajstić information content (AvgIpc) is 3.11. The van der Waals surface area contributed by atoms with Crippen LogP contribution in [0.5, 0.6) is 5.75 Å². The lowest BCUT2D eigenvalue weighted by Gasteiger charge is -2.25. The van der Waals surface area contributed by atoms with Crippen molar-refractivity contribution in [1.82, 2.24) is 14.7 Å². The molecule has 5 heteroatoms. The van der Waals surface area contributed by atoms with Gasteiger partial charge in [-0.25, -0.2) is 0 Å². The molecule has 1 saturated heterocycles. The van der Waals surface area contributed by atoms with Gasteiger partial charge in [-0.05, 0) is 49.3 Å². The van der Waals surface area contributed by atoms with E-state index in [1.54, 1.807) is 7.11 Å². The summed E-state index contributed by atoms with van der Waals surface area (Å²) in [6.07, 6.45) is 7.01. The lowest BCUT2D eigenvalue weighted by atomic mass is 10.1. The Kier molecular flexibility index (Phi) is 4.24. The van der Waals surface area contributed by atoms with E-state index in [0.717, 1.165) is 43.7 Å². The van der Waals surface area contributed by atoms with Gasteiger partial charge in [-0.15, -0.1) is 0 Å². The highest BCUT2D eigenvalue weighted by Crippen LogP contribution is 2.51. The van der Waals surface area contributed by atoms with Gasteiger partial charge in [-0.3, -0.25) is 9.48 Å². The van der Waals surface area contributed by atoms with E-state index in [0.29, 0.717) is 11.8 Å². The van der Waals surface area contributed by atoms with Gasteiger partial charge >= 0.3 is 0 Å². The minimum absolute atomic E-state index is 0.108. The fourth-order valence-corrected chi connectivity index (χ4v) is 4.10. The molecule has 1 saturated carbocycles. The van der Waals surface area contributed by atoms with Crippen molar-refractivity contribution in [3.05, 3.63) is 47.8 Å². The molecule has 132 valence electrons. The zero-order valence-corrected chi connectivity index (χ0v) is 14.9. The van der Waals surface area contributed by atoms with Crippen LogP contribution >= 0.6 is 0 Å². The summed E-state index contributed by atoms with van der Waals surface area (Å²) in [7, 11) is 1.70. The summed E-state index contributed by atoms with van der Waals surface area (Å²) in [5.41, 5.74) is 2.33. The maximum absolute atomic E-state index is 13.1. The highest BCUT2D eigenvalue weighted by molar-refractivity contribution is 5.83. The molecule has 1 aliphatic carbocycles. The van der Waals surface area contributed by atoms with E-state index < -0.39 is 0 Å². The minimum Gasteiger partial charge on any atom is -0.496 e. The summed E-state index contributed by atoms with van der Waals surface area (Å²) < 4.78 is 7.43. The van der Waals surface area contributed by atoms with E-state index in [1.165, 1.54) is 5.56 Å². The standard InChI is InChI=1S/C20H25N3O2/c1-14-11-21-22(12-14)13-15-6-5-9-23(15)20(24)18-10-17(18)16-7-3-4-8-19(16)25-2/h3-4,7-8,11-12,15,17-18H,5-6,9-10,13H2,1-2H3/t15-,17+,18+/m1/s1. The highest BCUT2D eigenvalue weighted by atomic mass is 16.5. The molecular formula is C20H25N3O2. The number of methoxy groups -OCH3 is 1. The Morgan fingerprint density at radius 1 is 1.36 bits per heavy atom. The van der Waals surface area contributed by atoms with Gasteiger partial charge in [0.1, 0.15) is 5.75 Å². The fourth-order valence-electron chi connectivity index (χ4n) is 4.10. The zero-order valence-electron chi connectivity index (χ0n) is 14.9. The number of hydrogen-bond acceptors (Lipinski definition) is 3. The van der Waals surface area contributed by atoms with Gasteiger partial charge in [0.15, 0.2) is 0 Å². The average molecular weight is 339 g/mol. The predicted molar refractivity (Wildman–Crippen MR) is 95.5 cm³/mol. The van der Waals surface area contributed by atoms with Gasteiger partial charge in [0.05, 0.1) is 25.9 Å². The van der Waals surface area contributed by atoms with Crippen molar-refractivity contribution < 1.29 is 9.53 Å². The van der Waals surface area contributed by atoms with Crippen LogP contribution in [0.2, 0.25) is 0 Å². The first-order chi connectivity index (χ1) is 12.2. The van der Waals surface area contributed by atoms with Crippen molar-refractivity contribution in [3.63, 3.8) is 0 Å². The number of benzene rings is 1. The Morgan fingerprint density at radius 3 is 2.96 bits per heavy atom. The Labute approximate surface area is 148 Å². The van der Waals surface area contributed by atoms with Crippen molar-refractivity contribution in [2.75, 3.05) is 13.7 Å². The minimum atomic E-state index is 0.108. The summed E-state index contributed by atoms with van der Waals surface area (Å²) in [6.45, 7) is 3.72. The second-order valence-electron chi connectivity index (χ2n) is 7.26. The molecule has 25 heavy (non-hydrogen) atoms. The Hall–Kier alpha value is -2.30. The number of para-hydroxylation sites is 1. The zero-order chi connectivity index (χ0) is 17.4. The molecule has 3 atom stereocenters. The van der Waals surface area contributed by atoms with E-state index in [9.17, 15) is 4.79 Å². The van der Waals surface area contributed by atoms with Crippen LogP contribution in [-0.4, -0.2) is 40.3 Å². The summed E-state index contributed by atoms with van der Waals surface area (Å²) >= 11 is 0. The van der Waals surface area contributed by atoms with Crippen LogP contribution in [0.4, 0.5) is 0 Å². The number of nitrogens with zero attached hydrogens (tertiary/aromatic N) is 3. The maximum Gasteiger partial charge on any atom is 0.226 e. The molecule has 2 fully saturated rings. The molecule has 0 spiro atoms. The van der Waals surface area contributed by atoms with Crippen molar-refractivity contribution in [1.29, 1.82) is 0 Å². The van der Waals surface area contributed by atoms with Crippen LogP contribution in [0.25, 0.3) is 0 Å². The van der Waals surface area contributed by atoms with E-state index >= 15 is 0 Å². The van der Waals surface area contributed by atoms with Crippen molar-refractivity contribution in [3.8, 4) is 5.75 Å². The van der Waals surface area contributed by atoms with Crippen LogP contribution in [0.3, 0.4) is 0 Å². The predicted octanol–water partition coefficient (Wildman–Crippen LogP) is 2.99. The Bertz CT molecular complexity index is 770. The van der Waals surface area contributed by atoms with E-state index in [2.05, 4.69) is 22.3 Å². The number of carbonyl (C=O) groups is 1. The summed E-state index contributed by atoms with van der Waals surface area (Å²) in [6, 6.07) is 8.34. The number of carbonyl (C=O) groups excluding carboxylic acids is 1. The Balaban J connectivity index is 1.44. The number of ether oxygens (including phenoxy) is 1. The molecule has 1 aromatic heterocycles. The molecule has 2 aliphatic rings. The molecule has 5 nitrogen and oxygen atoms in total. The molecule has 0 N–H and O–H groups in total. The second-order valence-corrected chi connectivity index (χ2v) is 7.26. The van der Waals surface area contributed by atoms with E-state index in [-0.39, 0.29) is 12.0 Å². The SMILES string of the molecule is COc1ccccc1[C@@H]1C[C@@H]1C(=O)N1CCC[C@@H]1Cn1cc(C)cn1. The third-order valence-corrected chi connectivity index (χ3v) is 5.47. The molecule has 2 aromatic rings. The van der Waals surface area contributed by atoms with Gasteiger partial charge in [0, 0.05) is 18.7 Å². The highest BCUT2D eigenvalue weighted by Gasteiger charge is 2.48. The maximum atomic E-state index is 13.1. The molecule has 1 aromatic carbocycles. The van der Waals surface area contributed by atoms with Crippen LogP contribution in [0.1, 0.15) is 36.3 Å². The number of hydrogen-bond donors (Lipinski definition) is 0. The Morgan fingerprint density at radius 2 is 2.20 bits per heavy atom. The quantitative estimate of drug-likeness (QED) is 0.841. The number of rotatable bonds is 5. The molecule has 1 aliphatic heterocycles. The summed E-state index contributed by atoms with van der Waals surface area (Å²) in [4.78, 5) is 15.1. The van der Waals surface area contributed by atoms with Gasteiger partial charge in [-0.2, -0.15) is 5.10 Å². The number of amides is 1. The van der Waals surface area contributed by atoms with Gasteiger partial charge in [0.2, 0.25) is 5.91 Å². The van der Waals surface area contributed by atoms with Crippen LogP contribution in [-0.2, 0) is 11.3 Å². The molecular weight excluding hydrogens is 314 g/mol. The smallest absolute Gasteiger partial charge is 0.226 e. The number of aromatic nitrogens is 2. The molecule has 0 unspecified atom stereocenters. The normalized spacial score (nSPS) is 25.2. The van der Waals surface area contributed by atoms with E-state index in [1.807, 2.05) is 36.0 Å². The first kappa shape index (κ1) is 16.2. The number of likely N-dealkylation sites (tertiary alicyclic amines) is 1. The molecule has 1 amide bonds. The van der Waals surface area contributed by atoms with Crippen LogP contribution in [0.15, 0.2) is 36.7 Å². The van der Waals surface area contributed by atoms with Crippen LogP contribution < -0.4 is 4.74 Å². The second kappa shape index (κ2) is 6.54. The van der Waals surface area contributed by atoms with E-state index in [4.69, 9.17) is 4.74 Å². The lowest BCUT2D eigenvalue weighted by Crippen LogP contribution is -2.39. The molecule has 4 rings (SSSR count). The molecule has 0 radical (unpaired) electrons.